The average molecular weight is 339 g/mol. The van der Waals surface area contributed by atoms with E-state index in [1.807, 2.05) is 32.0 Å². The smallest absolute Gasteiger partial charge is 0.259 e. The monoisotopic (exact) mass is 339 g/mol. The topological polar surface area (TPSA) is 56.8 Å². The minimum Gasteiger partial charge on any atom is -0.490 e. The van der Waals surface area contributed by atoms with Crippen LogP contribution in [-0.4, -0.2) is 17.8 Å². The van der Waals surface area contributed by atoms with Gasteiger partial charge in [-0.25, -0.2) is 0 Å². The predicted molar refractivity (Wildman–Crippen MR) is 94.4 cm³/mol. The van der Waals surface area contributed by atoms with Crippen LogP contribution in [0.25, 0.3) is 0 Å². The van der Waals surface area contributed by atoms with E-state index in [-0.39, 0.29) is 12.0 Å². The second-order valence-electron chi connectivity index (χ2n) is 6.89. The summed E-state index contributed by atoms with van der Waals surface area (Å²) in [6.45, 7) is 3.69. The van der Waals surface area contributed by atoms with Crippen LogP contribution < -0.4 is 19.5 Å². The first-order chi connectivity index (χ1) is 12.0. The van der Waals surface area contributed by atoms with Crippen LogP contribution in [0.5, 0.6) is 17.2 Å². The fourth-order valence-electron chi connectivity index (χ4n) is 2.92. The zero-order valence-corrected chi connectivity index (χ0v) is 14.4. The van der Waals surface area contributed by atoms with Gasteiger partial charge in [0.15, 0.2) is 11.5 Å². The van der Waals surface area contributed by atoms with Gasteiger partial charge in [-0.05, 0) is 43.5 Å². The van der Waals surface area contributed by atoms with E-state index in [1.54, 1.807) is 24.3 Å². The van der Waals surface area contributed by atoms with Gasteiger partial charge in [0.1, 0.15) is 5.75 Å². The highest BCUT2D eigenvalue weighted by atomic mass is 16.7. The quantitative estimate of drug-likeness (QED) is 0.898. The van der Waals surface area contributed by atoms with Crippen molar-refractivity contribution < 1.29 is 19.0 Å². The molecule has 1 amide bonds. The number of anilines is 1. The normalized spacial score (nSPS) is 17.7. The zero-order chi connectivity index (χ0) is 17.4. The van der Waals surface area contributed by atoms with Gasteiger partial charge in [-0.2, -0.15) is 0 Å². The average Bonchev–Trinajstić information content (AvgIpc) is 2.84. The van der Waals surface area contributed by atoms with Gasteiger partial charge < -0.3 is 19.5 Å². The van der Waals surface area contributed by atoms with Crippen LogP contribution in [0.15, 0.2) is 42.5 Å². The molecule has 1 N–H and O–H groups in total. The lowest BCUT2D eigenvalue weighted by Crippen LogP contribution is -2.29. The van der Waals surface area contributed by atoms with Gasteiger partial charge in [-0.3, -0.25) is 4.79 Å². The SMILES string of the molecule is CC1(C)Oc2ccc(NC(=O)c3ccccc3OC3CCC3)cc2O1. The molecule has 0 aromatic heterocycles. The largest absolute Gasteiger partial charge is 0.490 e. The Hall–Kier alpha value is -2.69. The molecule has 1 fully saturated rings. The number of hydrogen-bond acceptors (Lipinski definition) is 4. The summed E-state index contributed by atoms with van der Waals surface area (Å²) in [5.74, 6) is 1.05. The maximum absolute atomic E-state index is 12.7. The van der Waals surface area contributed by atoms with E-state index < -0.39 is 5.79 Å². The highest BCUT2D eigenvalue weighted by Gasteiger charge is 2.31. The molecule has 0 saturated heterocycles. The molecule has 1 aliphatic heterocycles. The summed E-state index contributed by atoms with van der Waals surface area (Å²) in [6.07, 6.45) is 3.51. The molecule has 1 heterocycles. The summed E-state index contributed by atoms with van der Waals surface area (Å²) in [5, 5.41) is 2.91. The molecule has 2 aromatic carbocycles. The van der Waals surface area contributed by atoms with Gasteiger partial charge in [-0.15, -0.1) is 0 Å². The first-order valence-electron chi connectivity index (χ1n) is 8.59. The van der Waals surface area contributed by atoms with E-state index in [9.17, 15) is 4.79 Å². The number of amides is 1. The van der Waals surface area contributed by atoms with Crippen molar-refractivity contribution in [2.75, 3.05) is 5.32 Å². The Labute approximate surface area is 146 Å². The summed E-state index contributed by atoms with van der Waals surface area (Å²) in [6, 6.07) is 12.7. The van der Waals surface area contributed by atoms with Crippen LogP contribution in [0, 0.1) is 0 Å². The van der Waals surface area contributed by atoms with Crippen molar-refractivity contribution >= 4 is 11.6 Å². The number of hydrogen-bond donors (Lipinski definition) is 1. The third kappa shape index (κ3) is 3.27. The fourth-order valence-corrected chi connectivity index (χ4v) is 2.92. The van der Waals surface area contributed by atoms with Crippen LogP contribution in [-0.2, 0) is 0 Å². The van der Waals surface area contributed by atoms with Crippen LogP contribution in [0.2, 0.25) is 0 Å². The molecule has 130 valence electrons. The Kier molecular flexibility index (Phi) is 3.79. The van der Waals surface area contributed by atoms with Gasteiger partial charge >= 0.3 is 0 Å². The summed E-state index contributed by atoms with van der Waals surface area (Å²) >= 11 is 0. The molecule has 2 aliphatic rings. The van der Waals surface area contributed by atoms with Crippen molar-refractivity contribution in [2.24, 2.45) is 0 Å². The highest BCUT2D eigenvalue weighted by Crippen LogP contribution is 2.40. The lowest BCUT2D eigenvalue weighted by Gasteiger charge is -2.27. The molecular formula is C20H21NO4. The first kappa shape index (κ1) is 15.8. The summed E-state index contributed by atoms with van der Waals surface area (Å²) in [5.41, 5.74) is 1.19. The lowest BCUT2D eigenvalue weighted by molar-refractivity contribution is -0.0431. The summed E-state index contributed by atoms with van der Waals surface area (Å²) < 4.78 is 17.3. The van der Waals surface area contributed by atoms with Crippen LogP contribution in [0.4, 0.5) is 5.69 Å². The number of para-hydroxylation sites is 1. The molecule has 0 atom stereocenters. The number of nitrogens with one attached hydrogen (secondary N) is 1. The second-order valence-corrected chi connectivity index (χ2v) is 6.89. The number of ether oxygens (including phenoxy) is 3. The maximum Gasteiger partial charge on any atom is 0.259 e. The van der Waals surface area contributed by atoms with E-state index >= 15 is 0 Å². The Balaban J connectivity index is 1.51. The molecule has 0 radical (unpaired) electrons. The fraction of sp³-hybridized carbons (Fsp3) is 0.350. The highest BCUT2D eigenvalue weighted by molar-refractivity contribution is 6.06. The van der Waals surface area contributed by atoms with Crippen molar-refractivity contribution in [3.8, 4) is 17.2 Å². The van der Waals surface area contributed by atoms with Crippen molar-refractivity contribution in [2.45, 2.75) is 45.0 Å². The third-order valence-corrected chi connectivity index (χ3v) is 4.39. The summed E-state index contributed by atoms with van der Waals surface area (Å²) in [7, 11) is 0. The van der Waals surface area contributed by atoms with Crippen molar-refractivity contribution in [1.82, 2.24) is 0 Å². The molecule has 1 saturated carbocycles. The molecule has 0 bridgehead atoms. The standard InChI is InChI=1S/C20H21NO4/c1-20(2)24-17-11-10-13(12-18(17)25-20)21-19(22)15-8-3-4-9-16(15)23-14-6-5-7-14/h3-4,8-12,14H,5-7H2,1-2H3,(H,21,22). The van der Waals surface area contributed by atoms with Gasteiger partial charge in [-0.1, -0.05) is 12.1 Å². The van der Waals surface area contributed by atoms with Crippen molar-refractivity contribution in [3.63, 3.8) is 0 Å². The number of carbonyl (C=O) groups excluding carboxylic acids is 1. The van der Waals surface area contributed by atoms with E-state index in [1.165, 1.54) is 6.42 Å². The van der Waals surface area contributed by atoms with E-state index in [4.69, 9.17) is 14.2 Å². The molecule has 5 nitrogen and oxygen atoms in total. The van der Waals surface area contributed by atoms with Crippen molar-refractivity contribution in [3.05, 3.63) is 48.0 Å². The minimum atomic E-state index is -0.686. The van der Waals surface area contributed by atoms with E-state index in [0.29, 0.717) is 28.5 Å². The Morgan fingerprint density at radius 1 is 1.12 bits per heavy atom. The molecular weight excluding hydrogens is 318 g/mol. The van der Waals surface area contributed by atoms with E-state index in [2.05, 4.69) is 5.32 Å². The van der Waals surface area contributed by atoms with Crippen LogP contribution >= 0.6 is 0 Å². The van der Waals surface area contributed by atoms with Gasteiger partial charge in [0, 0.05) is 25.6 Å². The molecule has 0 spiro atoms. The van der Waals surface area contributed by atoms with Gasteiger partial charge in [0.2, 0.25) is 5.79 Å². The third-order valence-electron chi connectivity index (χ3n) is 4.39. The number of fused-ring (bicyclic) bond motifs is 1. The molecule has 2 aromatic rings. The van der Waals surface area contributed by atoms with Gasteiger partial charge in [0.25, 0.3) is 5.91 Å². The van der Waals surface area contributed by atoms with Gasteiger partial charge in [0.05, 0.1) is 11.7 Å². The molecule has 25 heavy (non-hydrogen) atoms. The molecule has 1 aliphatic carbocycles. The zero-order valence-electron chi connectivity index (χ0n) is 14.4. The number of benzene rings is 2. The van der Waals surface area contributed by atoms with E-state index in [0.717, 1.165) is 12.8 Å². The summed E-state index contributed by atoms with van der Waals surface area (Å²) in [4.78, 5) is 12.7. The molecule has 4 rings (SSSR count). The lowest BCUT2D eigenvalue weighted by atomic mass is 9.96. The van der Waals surface area contributed by atoms with Crippen LogP contribution in [0.1, 0.15) is 43.5 Å². The minimum absolute atomic E-state index is 0.201. The maximum atomic E-state index is 12.7. The number of carbonyl (C=O) groups is 1. The molecule has 5 heteroatoms. The number of rotatable bonds is 4. The Morgan fingerprint density at radius 3 is 2.64 bits per heavy atom. The molecule has 0 unspecified atom stereocenters. The Bertz CT molecular complexity index is 811. The van der Waals surface area contributed by atoms with Crippen LogP contribution in [0.3, 0.4) is 0 Å². The van der Waals surface area contributed by atoms with Crippen molar-refractivity contribution in [1.29, 1.82) is 0 Å². The second kappa shape index (κ2) is 5.99. The first-order valence-corrected chi connectivity index (χ1v) is 8.59. The Morgan fingerprint density at radius 2 is 1.88 bits per heavy atom. The predicted octanol–water partition coefficient (Wildman–Crippen LogP) is 4.38.